The minimum Gasteiger partial charge on any atom is -0.317 e. The Morgan fingerprint density at radius 2 is 1.53 bits per heavy atom. The lowest BCUT2D eigenvalue weighted by molar-refractivity contribution is -0.953. The van der Waals surface area contributed by atoms with Crippen LogP contribution in [0.4, 0.5) is 0 Å². The quantitative estimate of drug-likeness (QED) is 0.743. The van der Waals surface area contributed by atoms with E-state index in [-0.39, 0.29) is 0 Å². The topological polar surface area (TPSA) is 3.24 Å². The number of fused-ring (bicyclic) bond motifs is 4. The molecular formula is C17H21N2+. The van der Waals surface area contributed by atoms with Crippen molar-refractivity contribution in [1.29, 1.82) is 0 Å². The van der Waals surface area contributed by atoms with Crippen molar-refractivity contribution < 1.29 is 4.48 Å². The zero-order valence-corrected chi connectivity index (χ0v) is 11.4. The molecule has 0 amide bonds. The molecule has 2 aromatic carbocycles. The van der Waals surface area contributed by atoms with Crippen molar-refractivity contribution in [3.05, 3.63) is 48.0 Å². The molecule has 0 unspecified atom stereocenters. The Labute approximate surface area is 114 Å². The average Bonchev–Trinajstić information content (AvgIpc) is 2.48. The van der Waals surface area contributed by atoms with Gasteiger partial charge in [0.15, 0.2) is 0 Å². The summed E-state index contributed by atoms with van der Waals surface area (Å²) in [5, 5.41) is 2.74. The van der Waals surface area contributed by atoms with E-state index in [0.29, 0.717) is 0 Å². The molecule has 2 aromatic rings. The number of hydrogen-bond acceptors (Lipinski definition) is 1. The normalized spacial score (nSPS) is 29.8. The van der Waals surface area contributed by atoms with Crippen LogP contribution in [0.5, 0.6) is 0 Å². The number of piperazine rings is 3. The van der Waals surface area contributed by atoms with Crippen molar-refractivity contribution in [2.75, 3.05) is 39.3 Å². The van der Waals surface area contributed by atoms with Crippen LogP contribution in [-0.2, 0) is 6.54 Å². The average molecular weight is 253 g/mol. The summed E-state index contributed by atoms with van der Waals surface area (Å²) in [6.07, 6.45) is 0. The van der Waals surface area contributed by atoms with Crippen molar-refractivity contribution in [3.63, 3.8) is 0 Å². The van der Waals surface area contributed by atoms with Crippen LogP contribution in [0.3, 0.4) is 0 Å². The fraction of sp³-hybridized carbons (Fsp3) is 0.412. The minimum atomic E-state index is 1.22. The zero-order valence-electron chi connectivity index (χ0n) is 11.4. The molecule has 19 heavy (non-hydrogen) atoms. The second-order valence-electron chi connectivity index (χ2n) is 6.19. The van der Waals surface area contributed by atoms with Gasteiger partial charge in [-0.1, -0.05) is 36.4 Å². The number of benzene rings is 2. The van der Waals surface area contributed by atoms with Gasteiger partial charge in [0.25, 0.3) is 0 Å². The van der Waals surface area contributed by atoms with Crippen LogP contribution in [-0.4, -0.2) is 48.7 Å². The first-order chi connectivity index (χ1) is 9.33. The van der Waals surface area contributed by atoms with Gasteiger partial charge in [0.05, 0.1) is 19.6 Å². The molecule has 3 heterocycles. The summed E-state index contributed by atoms with van der Waals surface area (Å²) in [5.74, 6) is 0. The number of hydrogen-bond donors (Lipinski definition) is 0. The van der Waals surface area contributed by atoms with Gasteiger partial charge in [0, 0.05) is 25.2 Å². The van der Waals surface area contributed by atoms with Gasteiger partial charge in [0.2, 0.25) is 0 Å². The van der Waals surface area contributed by atoms with E-state index < -0.39 is 0 Å². The standard InChI is InChI=1S/C17H21N2/c1-2-4-17-13-15(5-6-16(17)3-1)14-19-10-7-18(8-11-19)9-12-19/h1-6,13H,7-12,14H2/q+1. The minimum absolute atomic E-state index is 1.22. The molecule has 98 valence electrons. The summed E-state index contributed by atoms with van der Waals surface area (Å²) in [6, 6.07) is 15.7. The van der Waals surface area contributed by atoms with Crippen molar-refractivity contribution in [3.8, 4) is 0 Å². The second kappa shape index (κ2) is 4.32. The van der Waals surface area contributed by atoms with E-state index in [1.807, 2.05) is 0 Å². The number of quaternary nitrogens is 1. The van der Waals surface area contributed by atoms with Gasteiger partial charge in [-0.15, -0.1) is 0 Å². The molecule has 2 heteroatoms. The van der Waals surface area contributed by atoms with E-state index in [2.05, 4.69) is 47.4 Å². The Balaban J connectivity index is 1.64. The zero-order chi connectivity index (χ0) is 12.7. The molecule has 3 fully saturated rings. The van der Waals surface area contributed by atoms with Gasteiger partial charge >= 0.3 is 0 Å². The molecular weight excluding hydrogens is 232 g/mol. The maximum Gasteiger partial charge on any atom is 0.104 e. The predicted octanol–water partition coefficient (Wildman–Crippen LogP) is 2.49. The Morgan fingerprint density at radius 1 is 0.842 bits per heavy atom. The SMILES string of the molecule is c1ccc2cc(C[N+]34CCN(CC3)CC4)ccc2c1. The first kappa shape index (κ1) is 11.4. The van der Waals surface area contributed by atoms with Crippen LogP contribution in [0.2, 0.25) is 0 Å². The molecule has 0 spiro atoms. The predicted molar refractivity (Wildman–Crippen MR) is 79.0 cm³/mol. The highest BCUT2D eigenvalue weighted by Crippen LogP contribution is 2.25. The highest BCUT2D eigenvalue weighted by molar-refractivity contribution is 5.82. The summed E-state index contributed by atoms with van der Waals surface area (Å²) in [4.78, 5) is 2.61. The first-order valence-corrected chi connectivity index (χ1v) is 7.38. The molecule has 3 aliphatic heterocycles. The fourth-order valence-corrected chi connectivity index (χ4v) is 3.69. The first-order valence-electron chi connectivity index (χ1n) is 7.38. The summed E-state index contributed by atoms with van der Waals surface area (Å²) < 4.78 is 1.31. The van der Waals surface area contributed by atoms with E-state index in [4.69, 9.17) is 0 Å². The molecule has 0 radical (unpaired) electrons. The molecule has 0 saturated carbocycles. The second-order valence-corrected chi connectivity index (χ2v) is 6.19. The number of nitrogens with zero attached hydrogens (tertiary/aromatic N) is 2. The van der Waals surface area contributed by atoms with E-state index in [1.54, 1.807) is 0 Å². The van der Waals surface area contributed by atoms with Gasteiger partial charge < -0.3 is 4.48 Å². The van der Waals surface area contributed by atoms with Crippen molar-refractivity contribution in [1.82, 2.24) is 4.90 Å². The third kappa shape index (κ3) is 2.05. The molecule has 2 bridgehead atoms. The fourth-order valence-electron chi connectivity index (χ4n) is 3.69. The largest absolute Gasteiger partial charge is 0.317 e. The molecule has 0 aliphatic carbocycles. The third-order valence-electron chi connectivity index (χ3n) is 5.00. The van der Waals surface area contributed by atoms with Crippen LogP contribution in [0.25, 0.3) is 10.8 Å². The summed E-state index contributed by atoms with van der Waals surface area (Å²) in [7, 11) is 0. The van der Waals surface area contributed by atoms with E-state index in [1.165, 1.54) is 66.6 Å². The van der Waals surface area contributed by atoms with Gasteiger partial charge in [-0.3, -0.25) is 4.90 Å². The highest BCUT2D eigenvalue weighted by atomic mass is 15.4. The summed E-state index contributed by atoms with van der Waals surface area (Å²) >= 11 is 0. The molecule has 0 aromatic heterocycles. The van der Waals surface area contributed by atoms with Crippen molar-refractivity contribution in [2.24, 2.45) is 0 Å². The third-order valence-corrected chi connectivity index (χ3v) is 5.00. The molecule has 0 N–H and O–H groups in total. The maximum absolute atomic E-state index is 2.61. The van der Waals surface area contributed by atoms with Crippen molar-refractivity contribution >= 4 is 10.8 Å². The smallest absolute Gasteiger partial charge is 0.104 e. The molecule has 2 nitrogen and oxygen atoms in total. The van der Waals surface area contributed by atoms with Crippen LogP contribution in [0.15, 0.2) is 42.5 Å². The lowest BCUT2D eigenvalue weighted by Gasteiger charge is -2.50. The summed E-state index contributed by atoms with van der Waals surface area (Å²) in [6.45, 7) is 9.14. The molecule has 3 aliphatic rings. The monoisotopic (exact) mass is 253 g/mol. The van der Waals surface area contributed by atoms with Gasteiger partial charge in [-0.05, 0) is 16.8 Å². The molecule has 5 rings (SSSR count). The Kier molecular flexibility index (Phi) is 2.61. The van der Waals surface area contributed by atoms with Gasteiger partial charge in [-0.2, -0.15) is 0 Å². The van der Waals surface area contributed by atoms with Crippen molar-refractivity contribution in [2.45, 2.75) is 6.54 Å². The molecule has 0 atom stereocenters. The lowest BCUT2D eigenvalue weighted by atomic mass is 10.0. The van der Waals surface area contributed by atoms with Crippen LogP contribution in [0.1, 0.15) is 5.56 Å². The van der Waals surface area contributed by atoms with E-state index >= 15 is 0 Å². The van der Waals surface area contributed by atoms with Crippen LogP contribution in [0, 0.1) is 0 Å². The van der Waals surface area contributed by atoms with Gasteiger partial charge in [0.1, 0.15) is 6.54 Å². The van der Waals surface area contributed by atoms with Crippen LogP contribution < -0.4 is 0 Å². The van der Waals surface area contributed by atoms with E-state index in [9.17, 15) is 0 Å². The Hall–Kier alpha value is -1.38. The Morgan fingerprint density at radius 3 is 2.26 bits per heavy atom. The number of rotatable bonds is 2. The van der Waals surface area contributed by atoms with Crippen LogP contribution >= 0.6 is 0 Å². The lowest BCUT2D eigenvalue weighted by Crippen LogP contribution is -2.66. The highest BCUT2D eigenvalue weighted by Gasteiger charge is 2.38. The van der Waals surface area contributed by atoms with Gasteiger partial charge in [-0.25, -0.2) is 0 Å². The maximum atomic E-state index is 2.61. The Bertz CT molecular complexity index is 583. The van der Waals surface area contributed by atoms with E-state index in [0.717, 1.165) is 0 Å². The molecule has 3 saturated heterocycles. The summed E-state index contributed by atoms with van der Waals surface area (Å²) in [5.41, 5.74) is 1.51.